The third-order valence-electron chi connectivity index (χ3n) is 6.55. The van der Waals surface area contributed by atoms with Gasteiger partial charge >= 0.3 is 0 Å². The Kier molecular flexibility index (Phi) is 8.91. The van der Waals surface area contributed by atoms with Crippen LogP contribution in [0.5, 0.6) is 5.75 Å². The van der Waals surface area contributed by atoms with Gasteiger partial charge in [-0.15, -0.1) is 0 Å². The highest BCUT2D eigenvalue weighted by Gasteiger charge is 2.26. The number of hydrogen-bond acceptors (Lipinski definition) is 6. The van der Waals surface area contributed by atoms with Crippen LogP contribution in [-0.4, -0.2) is 68.6 Å². The molecular formula is C27H34N4O5. The van der Waals surface area contributed by atoms with Crippen molar-refractivity contribution < 1.29 is 23.9 Å². The van der Waals surface area contributed by atoms with E-state index in [4.69, 9.17) is 9.47 Å². The molecule has 1 saturated heterocycles. The van der Waals surface area contributed by atoms with Crippen molar-refractivity contribution in [1.29, 1.82) is 0 Å². The average Bonchev–Trinajstić information content (AvgIpc) is 2.90. The molecule has 2 N–H and O–H groups in total. The van der Waals surface area contributed by atoms with Gasteiger partial charge < -0.3 is 25.0 Å². The van der Waals surface area contributed by atoms with E-state index in [1.165, 1.54) is 4.90 Å². The van der Waals surface area contributed by atoms with E-state index in [-0.39, 0.29) is 37.1 Å². The minimum Gasteiger partial charge on any atom is -0.492 e. The maximum atomic E-state index is 12.7. The molecule has 1 fully saturated rings. The minimum absolute atomic E-state index is 0.0250. The summed E-state index contributed by atoms with van der Waals surface area (Å²) >= 11 is 0. The first-order valence-electron chi connectivity index (χ1n) is 12.5. The van der Waals surface area contributed by atoms with Gasteiger partial charge in [-0.1, -0.05) is 24.3 Å². The molecule has 192 valence electrons. The highest BCUT2D eigenvalue weighted by Crippen LogP contribution is 2.29. The van der Waals surface area contributed by atoms with Crippen LogP contribution in [0.15, 0.2) is 48.5 Å². The zero-order valence-corrected chi connectivity index (χ0v) is 20.7. The van der Waals surface area contributed by atoms with E-state index in [0.29, 0.717) is 30.6 Å². The number of nitrogens with zero attached hydrogens (tertiary/aromatic N) is 2. The van der Waals surface area contributed by atoms with E-state index in [0.717, 1.165) is 43.9 Å². The molecule has 2 aliphatic heterocycles. The normalized spacial score (nSPS) is 15.8. The van der Waals surface area contributed by atoms with Crippen molar-refractivity contribution >= 4 is 29.1 Å². The number of carbonyl (C=O) groups is 3. The summed E-state index contributed by atoms with van der Waals surface area (Å²) in [5.41, 5.74) is 2.17. The van der Waals surface area contributed by atoms with Crippen LogP contribution in [0.2, 0.25) is 0 Å². The van der Waals surface area contributed by atoms with Crippen molar-refractivity contribution in [2.45, 2.75) is 38.3 Å². The molecule has 0 aliphatic carbocycles. The van der Waals surface area contributed by atoms with Crippen LogP contribution in [0.25, 0.3) is 0 Å². The summed E-state index contributed by atoms with van der Waals surface area (Å²) in [6.45, 7) is 3.37. The van der Waals surface area contributed by atoms with Crippen LogP contribution in [0.3, 0.4) is 0 Å². The van der Waals surface area contributed by atoms with Crippen LogP contribution in [-0.2, 0) is 25.7 Å². The third-order valence-corrected chi connectivity index (χ3v) is 6.55. The van der Waals surface area contributed by atoms with Crippen LogP contribution in [0.4, 0.5) is 11.4 Å². The SMILES string of the molecule is CN(CCOc1cccc(CNC(=O)CCC(=O)N2CC(=O)Nc3ccccc32)c1)C1CCOCC1. The van der Waals surface area contributed by atoms with E-state index in [9.17, 15) is 14.4 Å². The Morgan fingerprint density at radius 2 is 1.94 bits per heavy atom. The molecular weight excluding hydrogens is 460 g/mol. The number of amides is 3. The fraction of sp³-hybridized carbons (Fsp3) is 0.444. The molecule has 0 unspecified atom stereocenters. The number of benzene rings is 2. The molecule has 9 heteroatoms. The molecule has 2 aromatic carbocycles. The first-order valence-corrected chi connectivity index (χ1v) is 12.5. The molecule has 4 rings (SSSR count). The number of anilines is 2. The lowest BCUT2D eigenvalue weighted by Gasteiger charge is -2.31. The summed E-state index contributed by atoms with van der Waals surface area (Å²) in [7, 11) is 2.12. The van der Waals surface area contributed by atoms with Crippen LogP contribution in [0, 0.1) is 0 Å². The summed E-state index contributed by atoms with van der Waals surface area (Å²) in [4.78, 5) is 40.8. The Labute approximate surface area is 211 Å². The van der Waals surface area contributed by atoms with Gasteiger partial charge in [0.1, 0.15) is 18.9 Å². The second kappa shape index (κ2) is 12.5. The Morgan fingerprint density at radius 3 is 2.78 bits per heavy atom. The van der Waals surface area contributed by atoms with Crippen molar-refractivity contribution in [2.75, 3.05) is 50.2 Å². The van der Waals surface area contributed by atoms with Gasteiger partial charge in [-0.3, -0.25) is 19.3 Å². The molecule has 0 aromatic heterocycles. The highest BCUT2D eigenvalue weighted by molar-refractivity contribution is 6.10. The van der Waals surface area contributed by atoms with Crippen molar-refractivity contribution in [2.24, 2.45) is 0 Å². The third kappa shape index (κ3) is 7.05. The lowest BCUT2D eigenvalue weighted by molar-refractivity contribution is -0.125. The quantitative estimate of drug-likeness (QED) is 0.527. The molecule has 0 spiro atoms. The minimum atomic E-state index is -0.256. The zero-order valence-electron chi connectivity index (χ0n) is 20.7. The maximum Gasteiger partial charge on any atom is 0.244 e. The molecule has 3 amide bonds. The molecule has 0 atom stereocenters. The molecule has 2 aliphatic rings. The lowest BCUT2D eigenvalue weighted by atomic mass is 10.1. The van der Waals surface area contributed by atoms with Gasteiger partial charge in [-0.25, -0.2) is 0 Å². The fourth-order valence-corrected chi connectivity index (χ4v) is 4.46. The number of fused-ring (bicyclic) bond motifs is 1. The fourth-order valence-electron chi connectivity index (χ4n) is 4.46. The summed E-state index contributed by atoms with van der Waals surface area (Å²) in [6, 6.07) is 15.3. The van der Waals surface area contributed by atoms with Crippen molar-refractivity contribution in [1.82, 2.24) is 10.2 Å². The highest BCUT2D eigenvalue weighted by atomic mass is 16.5. The molecule has 2 heterocycles. The van der Waals surface area contributed by atoms with Gasteiger partial charge in [-0.05, 0) is 49.7 Å². The largest absolute Gasteiger partial charge is 0.492 e. The zero-order chi connectivity index (χ0) is 25.3. The summed E-state index contributed by atoms with van der Waals surface area (Å²) in [5, 5.41) is 5.62. The van der Waals surface area contributed by atoms with Gasteiger partial charge in [0, 0.05) is 45.2 Å². The first-order chi connectivity index (χ1) is 17.5. The van der Waals surface area contributed by atoms with Gasteiger partial charge in [0.25, 0.3) is 0 Å². The number of ether oxygens (including phenoxy) is 2. The van der Waals surface area contributed by atoms with E-state index >= 15 is 0 Å². The number of likely N-dealkylation sites (N-methyl/N-ethyl adjacent to an activating group) is 1. The van der Waals surface area contributed by atoms with Gasteiger partial charge in [0.15, 0.2) is 0 Å². The molecule has 2 aromatic rings. The Balaban J connectivity index is 1.19. The lowest BCUT2D eigenvalue weighted by Crippen LogP contribution is -2.42. The number of rotatable bonds is 10. The van der Waals surface area contributed by atoms with Crippen molar-refractivity contribution in [3.8, 4) is 5.75 Å². The molecule has 36 heavy (non-hydrogen) atoms. The molecule has 9 nitrogen and oxygen atoms in total. The second-order valence-electron chi connectivity index (χ2n) is 9.14. The summed E-state index contributed by atoms with van der Waals surface area (Å²) < 4.78 is 11.4. The van der Waals surface area contributed by atoms with Crippen molar-refractivity contribution in [3.63, 3.8) is 0 Å². The predicted molar refractivity (Wildman–Crippen MR) is 137 cm³/mol. The Morgan fingerprint density at radius 1 is 1.14 bits per heavy atom. The standard InChI is InChI=1S/C27H34N4O5/c1-30(21-11-14-35-15-12-21)13-16-36-22-6-4-5-20(17-22)18-28-25(32)9-10-27(34)31-19-26(33)29-23-7-2-3-8-24(23)31/h2-8,17,21H,9-16,18-19H2,1H3,(H,28,32)(H,29,33). The van der Waals surface area contributed by atoms with Gasteiger partial charge in [-0.2, -0.15) is 0 Å². The van der Waals surface area contributed by atoms with E-state index in [1.807, 2.05) is 30.3 Å². The Hall–Kier alpha value is -3.43. The van der Waals surface area contributed by atoms with Crippen LogP contribution in [0.1, 0.15) is 31.2 Å². The average molecular weight is 495 g/mol. The van der Waals surface area contributed by atoms with E-state index < -0.39 is 0 Å². The van der Waals surface area contributed by atoms with Gasteiger partial charge in [0.05, 0.1) is 11.4 Å². The topological polar surface area (TPSA) is 100 Å². The van der Waals surface area contributed by atoms with Crippen LogP contribution >= 0.6 is 0 Å². The predicted octanol–water partition coefficient (Wildman–Crippen LogP) is 2.56. The molecule has 0 bridgehead atoms. The summed E-state index contributed by atoms with van der Waals surface area (Å²) in [5.74, 6) is 0.0410. The van der Waals surface area contributed by atoms with Crippen LogP contribution < -0.4 is 20.3 Å². The van der Waals surface area contributed by atoms with E-state index in [1.54, 1.807) is 18.2 Å². The Bertz CT molecular complexity index is 1070. The first kappa shape index (κ1) is 25.7. The number of hydrogen-bond donors (Lipinski definition) is 2. The molecule has 0 saturated carbocycles. The smallest absolute Gasteiger partial charge is 0.244 e. The number of nitrogens with one attached hydrogen (secondary N) is 2. The summed E-state index contributed by atoms with van der Waals surface area (Å²) in [6.07, 6.45) is 2.18. The maximum absolute atomic E-state index is 12.7. The monoisotopic (exact) mass is 494 g/mol. The number of carbonyl (C=O) groups excluding carboxylic acids is 3. The van der Waals surface area contributed by atoms with Gasteiger partial charge in [0.2, 0.25) is 17.7 Å². The van der Waals surface area contributed by atoms with E-state index in [2.05, 4.69) is 22.6 Å². The number of para-hydroxylation sites is 2. The van der Waals surface area contributed by atoms with Crippen molar-refractivity contribution in [3.05, 3.63) is 54.1 Å². The second-order valence-corrected chi connectivity index (χ2v) is 9.14. The molecule has 0 radical (unpaired) electrons.